The predicted molar refractivity (Wildman–Crippen MR) is 63.2 cm³/mol. The van der Waals surface area contributed by atoms with Crippen molar-refractivity contribution < 1.29 is 12.9 Å². The molecule has 1 aromatic heterocycles. The smallest absolute Gasteiger partial charge is 0.243 e. The third kappa shape index (κ3) is 3.18. The highest BCUT2D eigenvalue weighted by Gasteiger charge is 2.16. The lowest BCUT2D eigenvalue weighted by molar-refractivity contribution is 0.390. The van der Waals surface area contributed by atoms with Crippen molar-refractivity contribution >= 4 is 31.3 Å². The first-order valence-corrected chi connectivity index (χ1v) is 7.31. The highest BCUT2D eigenvalue weighted by molar-refractivity contribution is 8.13. The van der Waals surface area contributed by atoms with Gasteiger partial charge < -0.3 is 4.52 Å². The number of hydrogen-bond donors (Lipinski definition) is 0. The van der Waals surface area contributed by atoms with Crippen LogP contribution in [0.2, 0.25) is 5.02 Å². The third-order valence-corrected chi connectivity index (χ3v) is 3.13. The van der Waals surface area contributed by atoms with Gasteiger partial charge in [0.05, 0.1) is 5.02 Å². The van der Waals surface area contributed by atoms with Crippen molar-refractivity contribution in [3.63, 3.8) is 0 Å². The van der Waals surface area contributed by atoms with E-state index in [2.05, 4.69) is 10.1 Å². The fourth-order valence-corrected chi connectivity index (χ4v) is 2.13. The molecule has 0 fully saturated rings. The largest absolute Gasteiger partial charge is 0.338 e. The van der Waals surface area contributed by atoms with Gasteiger partial charge in [-0.15, -0.1) is 0 Å². The molecule has 0 bridgehead atoms. The van der Waals surface area contributed by atoms with Gasteiger partial charge >= 0.3 is 0 Å². The minimum atomic E-state index is -3.71. The molecule has 2 rings (SSSR count). The van der Waals surface area contributed by atoms with E-state index in [1.807, 2.05) is 0 Å². The Morgan fingerprint density at radius 1 is 1.29 bits per heavy atom. The summed E-state index contributed by atoms with van der Waals surface area (Å²) in [7, 11) is 1.36. The van der Waals surface area contributed by atoms with Crippen LogP contribution in [-0.2, 0) is 14.8 Å². The van der Waals surface area contributed by atoms with Crippen LogP contribution in [0.5, 0.6) is 0 Å². The van der Waals surface area contributed by atoms with E-state index in [1.54, 1.807) is 24.3 Å². The fraction of sp³-hybridized carbons (Fsp3) is 0.111. The van der Waals surface area contributed by atoms with Crippen molar-refractivity contribution in [2.45, 2.75) is 5.75 Å². The predicted octanol–water partition coefficient (Wildman–Crippen LogP) is 2.46. The molecule has 0 atom stereocenters. The molecule has 0 aliphatic rings. The first-order valence-electron chi connectivity index (χ1n) is 4.45. The lowest BCUT2D eigenvalue weighted by Crippen LogP contribution is -1.95. The zero-order valence-electron chi connectivity index (χ0n) is 8.30. The van der Waals surface area contributed by atoms with Crippen molar-refractivity contribution in [3.8, 4) is 11.4 Å². The van der Waals surface area contributed by atoms with Crippen LogP contribution in [0, 0.1) is 0 Å². The van der Waals surface area contributed by atoms with E-state index in [-0.39, 0.29) is 11.7 Å². The summed E-state index contributed by atoms with van der Waals surface area (Å²) >= 11 is 5.94. The van der Waals surface area contributed by atoms with E-state index in [0.29, 0.717) is 10.6 Å². The summed E-state index contributed by atoms with van der Waals surface area (Å²) in [5, 5.41) is 4.09. The fourth-order valence-electron chi connectivity index (χ4n) is 1.21. The molecular formula is C9H6Cl2N2O3S. The molecule has 17 heavy (non-hydrogen) atoms. The van der Waals surface area contributed by atoms with Gasteiger partial charge in [0.2, 0.25) is 20.8 Å². The molecule has 0 spiro atoms. The summed E-state index contributed by atoms with van der Waals surface area (Å²) in [4.78, 5) is 3.90. The highest BCUT2D eigenvalue weighted by atomic mass is 35.7. The Balaban J connectivity index is 2.34. The Morgan fingerprint density at radius 3 is 2.65 bits per heavy atom. The highest BCUT2D eigenvalue weighted by Crippen LogP contribution is 2.25. The number of hydrogen-bond acceptors (Lipinski definition) is 5. The molecular weight excluding hydrogens is 287 g/mol. The zero-order valence-corrected chi connectivity index (χ0v) is 10.6. The molecule has 0 aliphatic carbocycles. The van der Waals surface area contributed by atoms with Crippen LogP contribution in [0.3, 0.4) is 0 Å². The zero-order chi connectivity index (χ0) is 12.5. The lowest BCUT2D eigenvalue weighted by atomic mass is 10.2. The quantitative estimate of drug-likeness (QED) is 0.813. The molecule has 0 unspecified atom stereocenters. The molecule has 0 radical (unpaired) electrons. The summed E-state index contributed by atoms with van der Waals surface area (Å²) in [6.45, 7) is 0. The number of halogens is 2. The Labute approximate surface area is 107 Å². The van der Waals surface area contributed by atoms with E-state index in [0.717, 1.165) is 0 Å². The van der Waals surface area contributed by atoms with Crippen LogP contribution >= 0.6 is 22.3 Å². The molecule has 0 N–H and O–H groups in total. The Kier molecular flexibility index (Phi) is 3.37. The molecule has 0 aliphatic heterocycles. The van der Waals surface area contributed by atoms with Crippen molar-refractivity contribution in [2.24, 2.45) is 0 Å². The summed E-state index contributed by atoms with van der Waals surface area (Å²) in [6, 6.07) is 6.89. The van der Waals surface area contributed by atoms with Gasteiger partial charge in [-0.05, 0) is 12.1 Å². The van der Waals surface area contributed by atoms with Gasteiger partial charge in [-0.2, -0.15) is 4.98 Å². The molecule has 2 aromatic rings. The van der Waals surface area contributed by atoms with Gasteiger partial charge in [0, 0.05) is 16.2 Å². The van der Waals surface area contributed by atoms with Gasteiger partial charge in [-0.25, -0.2) is 8.42 Å². The second-order valence-corrected chi connectivity index (χ2v) is 6.36. The van der Waals surface area contributed by atoms with Crippen molar-refractivity contribution in [1.29, 1.82) is 0 Å². The summed E-state index contributed by atoms with van der Waals surface area (Å²) in [5.74, 6) is -0.354. The molecule has 1 heterocycles. The van der Waals surface area contributed by atoms with Crippen molar-refractivity contribution in [3.05, 3.63) is 35.2 Å². The second kappa shape index (κ2) is 4.64. The third-order valence-electron chi connectivity index (χ3n) is 1.88. The summed E-state index contributed by atoms with van der Waals surface area (Å²) in [5.41, 5.74) is 0.566. The molecule has 5 nitrogen and oxygen atoms in total. The molecule has 90 valence electrons. The van der Waals surface area contributed by atoms with Crippen molar-refractivity contribution in [1.82, 2.24) is 10.1 Å². The van der Waals surface area contributed by atoms with E-state index < -0.39 is 14.8 Å². The van der Waals surface area contributed by atoms with Gasteiger partial charge in [0.1, 0.15) is 5.75 Å². The normalized spacial score (nSPS) is 11.6. The maximum absolute atomic E-state index is 10.8. The summed E-state index contributed by atoms with van der Waals surface area (Å²) in [6.07, 6.45) is 0. The minimum Gasteiger partial charge on any atom is -0.338 e. The number of nitrogens with zero attached hydrogens (tertiary/aromatic N) is 2. The SMILES string of the molecule is O=S(=O)(Cl)Cc1nc(-c2ccccc2Cl)no1. The number of benzene rings is 1. The van der Waals surface area contributed by atoms with Crippen LogP contribution in [-0.4, -0.2) is 18.6 Å². The molecule has 0 saturated carbocycles. The van der Waals surface area contributed by atoms with Gasteiger partial charge in [0.15, 0.2) is 0 Å². The van der Waals surface area contributed by atoms with Crippen LogP contribution < -0.4 is 0 Å². The Hall–Kier alpha value is -1.11. The average molecular weight is 293 g/mol. The monoisotopic (exact) mass is 292 g/mol. The standard InChI is InChI=1S/C9H6Cl2N2O3S/c10-7-4-2-1-3-6(7)9-12-8(16-13-9)5-17(11,14)15/h1-4H,5H2. The van der Waals surface area contributed by atoms with Crippen LogP contribution in [0.1, 0.15) is 5.89 Å². The van der Waals surface area contributed by atoms with Crippen LogP contribution in [0.25, 0.3) is 11.4 Å². The Bertz CT molecular complexity index is 639. The average Bonchev–Trinajstić information content (AvgIpc) is 2.64. The molecule has 8 heteroatoms. The minimum absolute atomic E-state index is 0.0741. The molecule has 1 aromatic carbocycles. The van der Waals surface area contributed by atoms with Gasteiger partial charge in [-0.3, -0.25) is 0 Å². The van der Waals surface area contributed by atoms with Crippen LogP contribution in [0.15, 0.2) is 28.8 Å². The first-order chi connectivity index (χ1) is 7.96. The van der Waals surface area contributed by atoms with Gasteiger partial charge in [0.25, 0.3) is 0 Å². The van der Waals surface area contributed by atoms with Crippen molar-refractivity contribution in [2.75, 3.05) is 0 Å². The van der Waals surface area contributed by atoms with E-state index in [9.17, 15) is 8.42 Å². The van der Waals surface area contributed by atoms with Crippen LogP contribution in [0.4, 0.5) is 0 Å². The molecule has 0 amide bonds. The molecule has 0 saturated heterocycles. The first kappa shape index (κ1) is 12.3. The Morgan fingerprint density at radius 2 is 2.00 bits per heavy atom. The topological polar surface area (TPSA) is 73.1 Å². The maximum atomic E-state index is 10.8. The van der Waals surface area contributed by atoms with E-state index in [1.165, 1.54) is 0 Å². The van der Waals surface area contributed by atoms with E-state index >= 15 is 0 Å². The van der Waals surface area contributed by atoms with Gasteiger partial charge in [-0.1, -0.05) is 28.9 Å². The van der Waals surface area contributed by atoms with E-state index in [4.69, 9.17) is 26.8 Å². The summed E-state index contributed by atoms with van der Waals surface area (Å²) < 4.78 is 26.4. The lowest BCUT2D eigenvalue weighted by Gasteiger charge is -1.95. The second-order valence-electron chi connectivity index (χ2n) is 3.17. The maximum Gasteiger partial charge on any atom is 0.243 e. The number of aromatic nitrogens is 2. The number of rotatable bonds is 3.